The van der Waals surface area contributed by atoms with Gasteiger partial charge in [0.15, 0.2) is 5.41 Å². The first kappa shape index (κ1) is 26.2. The molecule has 0 radical (unpaired) electrons. The number of likely N-dealkylation sites (N-methyl/N-ethyl adjacent to an activating group) is 1. The topological polar surface area (TPSA) is 79.0 Å². The molecule has 1 atom stereocenters. The van der Waals surface area contributed by atoms with E-state index in [2.05, 4.69) is 4.99 Å². The standard InChI is InChI=1S/C30H27F3N4O2/c1-3-36-25-12-10-21(30(31,32)33)18-26(25)37(22-7-5-4-6-8-22)28(39)29(27(36)38)15-13-19-17-20(9-11-23(19)29)24(35-2)14-16-34/h4-12,14,16-18H,3,13,15,34H2,1-2H3. The molecule has 2 amide bonds. The van der Waals surface area contributed by atoms with Crippen LogP contribution in [-0.4, -0.2) is 31.1 Å². The Morgan fingerprint density at radius 3 is 2.41 bits per heavy atom. The van der Waals surface area contributed by atoms with Gasteiger partial charge in [-0.15, -0.1) is 0 Å². The molecule has 6 nitrogen and oxygen atoms in total. The molecule has 0 saturated carbocycles. The van der Waals surface area contributed by atoms with E-state index in [9.17, 15) is 22.8 Å². The lowest BCUT2D eigenvalue weighted by Gasteiger charge is -2.32. The SMILES string of the molecule is CCN1C(=O)C2(CCc3cc(C(C=CN)=NC)ccc32)C(=O)N(c2ccccc2)c2cc(C(F)(F)F)ccc21. The van der Waals surface area contributed by atoms with Crippen LogP contribution in [0.2, 0.25) is 0 Å². The number of amides is 2. The zero-order valence-corrected chi connectivity index (χ0v) is 21.5. The fourth-order valence-electron chi connectivity index (χ4n) is 5.65. The Labute approximate surface area is 224 Å². The molecule has 1 heterocycles. The highest BCUT2D eigenvalue weighted by Crippen LogP contribution is 2.50. The van der Waals surface area contributed by atoms with E-state index < -0.39 is 29.0 Å². The first-order chi connectivity index (χ1) is 18.7. The maximum absolute atomic E-state index is 14.7. The fraction of sp³-hybridized carbons (Fsp3) is 0.233. The zero-order chi connectivity index (χ0) is 27.9. The predicted molar refractivity (Wildman–Crippen MR) is 145 cm³/mol. The summed E-state index contributed by atoms with van der Waals surface area (Å²) < 4.78 is 41.4. The minimum atomic E-state index is -4.63. The molecule has 1 unspecified atom stereocenters. The summed E-state index contributed by atoms with van der Waals surface area (Å²) >= 11 is 0. The molecule has 1 aliphatic carbocycles. The van der Waals surface area contributed by atoms with Crippen molar-refractivity contribution in [2.24, 2.45) is 10.7 Å². The normalized spacial score (nSPS) is 19.6. The molecule has 200 valence electrons. The third-order valence-electron chi connectivity index (χ3n) is 7.47. The number of hydrogen-bond donors (Lipinski definition) is 1. The zero-order valence-electron chi connectivity index (χ0n) is 21.5. The van der Waals surface area contributed by atoms with Crippen molar-refractivity contribution in [2.75, 3.05) is 23.4 Å². The minimum absolute atomic E-state index is 0.0201. The van der Waals surface area contributed by atoms with E-state index in [0.29, 0.717) is 23.4 Å². The number of allylic oxidation sites excluding steroid dienone is 1. The average Bonchev–Trinajstić information content (AvgIpc) is 3.29. The molecule has 5 rings (SSSR count). The number of aryl methyl sites for hydroxylation is 1. The molecular formula is C30H27F3N4O2. The highest BCUT2D eigenvalue weighted by atomic mass is 19.4. The number of benzene rings is 3. The molecule has 0 fully saturated rings. The van der Waals surface area contributed by atoms with Crippen LogP contribution in [0.3, 0.4) is 0 Å². The number of para-hydroxylation sites is 1. The number of carbonyl (C=O) groups is 2. The summed E-state index contributed by atoms with van der Waals surface area (Å²) in [6, 6.07) is 17.1. The molecule has 0 saturated heterocycles. The van der Waals surface area contributed by atoms with Gasteiger partial charge in [-0.3, -0.25) is 19.5 Å². The van der Waals surface area contributed by atoms with Gasteiger partial charge >= 0.3 is 6.18 Å². The molecule has 9 heteroatoms. The molecular weight excluding hydrogens is 505 g/mol. The van der Waals surface area contributed by atoms with E-state index in [-0.39, 0.29) is 24.3 Å². The lowest BCUT2D eigenvalue weighted by atomic mass is 9.78. The molecule has 0 bridgehead atoms. The van der Waals surface area contributed by atoms with Crippen LogP contribution < -0.4 is 15.5 Å². The van der Waals surface area contributed by atoms with Crippen LogP contribution in [0.1, 0.15) is 35.6 Å². The summed E-state index contributed by atoms with van der Waals surface area (Å²) in [6.45, 7) is 1.92. The van der Waals surface area contributed by atoms with Gasteiger partial charge in [0.05, 0.1) is 22.6 Å². The van der Waals surface area contributed by atoms with Crippen LogP contribution in [0, 0.1) is 0 Å². The molecule has 2 N–H and O–H groups in total. The summed E-state index contributed by atoms with van der Waals surface area (Å²) in [4.78, 5) is 36.0. The summed E-state index contributed by atoms with van der Waals surface area (Å²) in [6.07, 6.45) is -0.945. The Morgan fingerprint density at radius 1 is 1.03 bits per heavy atom. The van der Waals surface area contributed by atoms with Crippen LogP contribution in [0.15, 0.2) is 84.0 Å². The van der Waals surface area contributed by atoms with Crippen molar-refractivity contribution in [3.8, 4) is 0 Å². The first-order valence-electron chi connectivity index (χ1n) is 12.6. The Morgan fingerprint density at radius 2 is 1.77 bits per heavy atom. The van der Waals surface area contributed by atoms with E-state index in [0.717, 1.165) is 23.3 Å². The van der Waals surface area contributed by atoms with Crippen molar-refractivity contribution in [3.63, 3.8) is 0 Å². The second-order valence-electron chi connectivity index (χ2n) is 9.47. The fourth-order valence-corrected chi connectivity index (χ4v) is 5.65. The summed E-state index contributed by atoms with van der Waals surface area (Å²) in [5.74, 6) is -1.03. The highest BCUT2D eigenvalue weighted by molar-refractivity contribution is 6.27. The summed E-state index contributed by atoms with van der Waals surface area (Å²) in [5.41, 5.74) is 6.51. The van der Waals surface area contributed by atoms with E-state index in [1.165, 1.54) is 22.1 Å². The lowest BCUT2D eigenvalue weighted by molar-refractivity contribution is -0.138. The van der Waals surface area contributed by atoms with Crippen molar-refractivity contribution in [3.05, 3.63) is 101 Å². The maximum atomic E-state index is 14.7. The van der Waals surface area contributed by atoms with Gasteiger partial charge in [0, 0.05) is 19.3 Å². The van der Waals surface area contributed by atoms with Gasteiger partial charge in [-0.25, -0.2) is 0 Å². The van der Waals surface area contributed by atoms with Crippen LogP contribution >= 0.6 is 0 Å². The number of carbonyl (C=O) groups excluding carboxylic acids is 2. The number of hydrogen-bond acceptors (Lipinski definition) is 4. The number of rotatable bonds is 4. The number of nitrogens with two attached hydrogens (primary N) is 1. The number of anilines is 3. The smallest absolute Gasteiger partial charge is 0.405 e. The number of aliphatic imine (C=N–C) groups is 1. The number of fused-ring (bicyclic) bond motifs is 3. The maximum Gasteiger partial charge on any atom is 0.416 e. The first-order valence-corrected chi connectivity index (χ1v) is 12.6. The van der Waals surface area contributed by atoms with E-state index in [1.807, 2.05) is 6.07 Å². The molecule has 2 aliphatic rings. The van der Waals surface area contributed by atoms with E-state index in [4.69, 9.17) is 5.73 Å². The third kappa shape index (κ3) is 4.09. The van der Waals surface area contributed by atoms with Crippen molar-refractivity contribution in [1.82, 2.24) is 0 Å². The molecule has 3 aromatic rings. The molecule has 39 heavy (non-hydrogen) atoms. The van der Waals surface area contributed by atoms with Crippen molar-refractivity contribution in [1.29, 1.82) is 0 Å². The van der Waals surface area contributed by atoms with Gasteiger partial charge < -0.3 is 10.6 Å². The van der Waals surface area contributed by atoms with Gasteiger partial charge in [0.2, 0.25) is 5.91 Å². The Balaban J connectivity index is 1.77. The lowest BCUT2D eigenvalue weighted by Crippen LogP contribution is -2.53. The summed E-state index contributed by atoms with van der Waals surface area (Å²) in [5, 5.41) is 0. The summed E-state index contributed by atoms with van der Waals surface area (Å²) in [7, 11) is 1.64. The number of halogens is 3. The van der Waals surface area contributed by atoms with Crippen LogP contribution in [0.5, 0.6) is 0 Å². The molecule has 3 aromatic carbocycles. The minimum Gasteiger partial charge on any atom is -0.405 e. The highest BCUT2D eigenvalue weighted by Gasteiger charge is 2.57. The Bertz CT molecular complexity index is 1510. The second kappa shape index (κ2) is 9.72. The van der Waals surface area contributed by atoms with Gasteiger partial charge in [-0.05, 0) is 85.1 Å². The third-order valence-corrected chi connectivity index (χ3v) is 7.47. The number of nitrogens with zero attached hydrogens (tertiary/aromatic N) is 3. The van der Waals surface area contributed by atoms with E-state index in [1.54, 1.807) is 62.5 Å². The molecule has 1 aliphatic heterocycles. The van der Waals surface area contributed by atoms with Crippen molar-refractivity contribution in [2.45, 2.75) is 31.4 Å². The molecule has 0 aromatic heterocycles. The van der Waals surface area contributed by atoms with Crippen LogP contribution in [0.25, 0.3) is 0 Å². The molecule has 1 spiro atoms. The average molecular weight is 533 g/mol. The second-order valence-corrected chi connectivity index (χ2v) is 9.47. The van der Waals surface area contributed by atoms with E-state index >= 15 is 0 Å². The van der Waals surface area contributed by atoms with Gasteiger partial charge in [-0.2, -0.15) is 13.2 Å². The van der Waals surface area contributed by atoms with Crippen LogP contribution in [0.4, 0.5) is 30.2 Å². The van der Waals surface area contributed by atoms with Crippen molar-refractivity contribution >= 4 is 34.6 Å². The quantitative estimate of drug-likeness (QED) is 0.355. The van der Waals surface area contributed by atoms with Gasteiger partial charge in [0.25, 0.3) is 5.91 Å². The van der Waals surface area contributed by atoms with Crippen molar-refractivity contribution < 1.29 is 22.8 Å². The number of alkyl halides is 3. The Kier molecular flexibility index (Phi) is 6.54. The predicted octanol–water partition coefficient (Wildman–Crippen LogP) is 5.51. The van der Waals surface area contributed by atoms with Gasteiger partial charge in [-0.1, -0.05) is 30.3 Å². The van der Waals surface area contributed by atoms with Gasteiger partial charge in [0.1, 0.15) is 0 Å². The Hall–Kier alpha value is -4.40. The largest absolute Gasteiger partial charge is 0.416 e. The van der Waals surface area contributed by atoms with Crippen LogP contribution in [-0.2, 0) is 27.6 Å². The monoisotopic (exact) mass is 532 g/mol.